The van der Waals surface area contributed by atoms with Crippen molar-refractivity contribution in [3.05, 3.63) is 35.9 Å². The van der Waals surface area contributed by atoms with E-state index in [0.29, 0.717) is 48.8 Å². The van der Waals surface area contributed by atoms with Crippen LogP contribution in [0.3, 0.4) is 0 Å². The highest BCUT2D eigenvalue weighted by molar-refractivity contribution is 5.80. The SMILES string of the molecule is CC1(C)c2nc(-c3ccc(F)cc3)c(NC3CCC(C(F)(F)F)CC3)n2CCN1C(=O)CN. The van der Waals surface area contributed by atoms with Crippen molar-refractivity contribution in [3.63, 3.8) is 0 Å². The van der Waals surface area contributed by atoms with Gasteiger partial charge >= 0.3 is 6.18 Å². The van der Waals surface area contributed by atoms with Gasteiger partial charge in [-0.25, -0.2) is 9.37 Å². The maximum Gasteiger partial charge on any atom is 0.391 e. The number of nitrogens with zero attached hydrogens (tertiary/aromatic N) is 3. The van der Waals surface area contributed by atoms with Crippen LogP contribution in [0.4, 0.5) is 23.4 Å². The number of amides is 1. The van der Waals surface area contributed by atoms with Crippen molar-refractivity contribution < 1.29 is 22.4 Å². The van der Waals surface area contributed by atoms with E-state index in [-0.39, 0.29) is 37.2 Å². The fraction of sp³-hybridized carbons (Fsp3) is 0.565. The van der Waals surface area contributed by atoms with Gasteiger partial charge in [0.1, 0.15) is 23.2 Å². The summed E-state index contributed by atoms with van der Waals surface area (Å²) >= 11 is 0. The van der Waals surface area contributed by atoms with E-state index >= 15 is 0 Å². The lowest BCUT2D eigenvalue weighted by Crippen LogP contribution is -2.53. The van der Waals surface area contributed by atoms with Crippen LogP contribution in [0, 0.1) is 11.7 Å². The Kier molecular flexibility index (Phi) is 6.15. The topological polar surface area (TPSA) is 76.2 Å². The van der Waals surface area contributed by atoms with E-state index in [2.05, 4.69) is 5.32 Å². The Labute approximate surface area is 190 Å². The van der Waals surface area contributed by atoms with Crippen LogP contribution in [0.2, 0.25) is 0 Å². The number of hydrogen-bond acceptors (Lipinski definition) is 4. The number of hydrogen-bond donors (Lipinski definition) is 2. The Hall–Kier alpha value is -2.62. The van der Waals surface area contributed by atoms with E-state index < -0.39 is 17.6 Å². The minimum atomic E-state index is -4.16. The smallest absolute Gasteiger partial charge is 0.367 e. The molecule has 0 atom stereocenters. The van der Waals surface area contributed by atoms with Crippen LogP contribution in [0.5, 0.6) is 0 Å². The third kappa shape index (κ3) is 4.45. The molecule has 2 aromatic rings. The van der Waals surface area contributed by atoms with E-state index in [0.717, 1.165) is 0 Å². The van der Waals surface area contributed by atoms with Gasteiger partial charge in [0.25, 0.3) is 0 Å². The predicted molar refractivity (Wildman–Crippen MR) is 117 cm³/mol. The number of nitrogens with two attached hydrogens (primary N) is 1. The van der Waals surface area contributed by atoms with Crippen molar-refractivity contribution in [3.8, 4) is 11.3 Å². The van der Waals surface area contributed by atoms with E-state index in [1.54, 1.807) is 17.0 Å². The molecule has 1 aliphatic heterocycles. The molecule has 1 fully saturated rings. The number of alkyl halides is 3. The van der Waals surface area contributed by atoms with E-state index in [9.17, 15) is 22.4 Å². The summed E-state index contributed by atoms with van der Waals surface area (Å²) < 4.78 is 54.8. The van der Waals surface area contributed by atoms with Crippen LogP contribution in [0.15, 0.2) is 24.3 Å². The van der Waals surface area contributed by atoms with Gasteiger partial charge in [-0.3, -0.25) is 4.79 Å². The zero-order chi connectivity index (χ0) is 24.0. The summed E-state index contributed by atoms with van der Waals surface area (Å²) in [5.41, 5.74) is 6.15. The van der Waals surface area contributed by atoms with Crippen molar-refractivity contribution >= 4 is 11.7 Å². The van der Waals surface area contributed by atoms with Crippen LogP contribution >= 0.6 is 0 Å². The quantitative estimate of drug-likeness (QED) is 0.659. The second kappa shape index (κ2) is 8.62. The minimum Gasteiger partial charge on any atom is -0.367 e. The van der Waals surface area contributed by atoms with Crippen molar-refractivity contribution in [2.75, 3.05) is 18.4 Å². The van der Waals surface area contributed by atoms with Crippen LogP contribution in [-0.4, -0.2) is 45.7 Å². The number of benzene rings is 1. The summed E-state index contributed by atoms with van der Waals surface area (Å²) in [5, 5.41) is 3.45. The minimum absolute atomic E-state index is 0.0817. The summed E-state index contributed by atoms with van der Waals surface area (Å²) in [6, 6.07) is 5.83. The molecule has 1 aliphatic carbocycles. The summed E-state index contributed by atoms with van der Waals surface area (Å²) in [6.45, 7) is 4.59. The number of aromatic nitrogens is 2. The van der Waals surface area contributed by atoms with Crippen molar-refractivity contribution in [1.29, 1.82) is 0 Å². The monoisotopic (exact) mass is 467 g/mol. The highest BCUT2D eigenvalue weighted by Crippen LogP contribution is 2.41. The van der Waals surface area contributed by atoms with Crippen molar-refractivity contribution in [2.45, 2.75) is 63.8 Å². The Morgan fingerprint density at radius 1 is 1.15 bits per heavy atom. The largest absolute Gasteiger partial charge is 0.391 e. The van der Waals surface area contributed by atoms with Crippen LogP contribution < -0.4 is 11.1 Å². The first-order chi connectivity index (χ1) is 15.5. The molecule has 0 bridgehead atoms. The van der Waals surface area contributed by atoms with Gasteiger partial charge in [0.05, 0.1) is 18.0 Å². The standard InChI is InChI=1S/C23H29F4N5O/c1-22(2)21-30-19(14-3-7-16(24)8-4-14)20(31(21)11-12-32(22)18(33)13-28)29-17-9-5-15(6-10-17)23(25,26)27/h3-4,7-8,15,17,29H,5-6,9-13,28H2,1-2H3. The number of fused-ring (bicyclic) bond motifs is 1. The molecule has 0 saturated heterocycles. The van der Waals surface area contributed by atoms with Gasteiger partial charge in [-0.2, -0.15) is 13.2 Å². The van der Waals surface area contributed by atoms with Gasteiger partial charge < -0.3 is 20.5 Å². The Balaban J connectivity index is 1.70. The fourth-order valence-electron chi connectivity index (χ4n) is 5.00. The number of nitrogens with one attached hydrogen (secondary N) is 1. The first-order valence-electron chi connectivity index (χ1n) is 11.2. The zero-order valence-electron chi connectivity index (χ0n) is 18.8. The van der Waals surface area contributed by atoms with E-state index in [1.807, 2.05) is 18.4 Å². The summed E-state index contributed by atoms with van der Waals surface area (Å²) in [4.78, 5) is 19.0. The molecule has 0 radical (unpaired) electrons. The molecule has 1 amide bonds. The Morgan fingerprint density at radius 2 is 1.79 bits per heavy atom. The molecular formula is C23H29F4N5O. The molecule has 1 saturated carbocycles. The van der Waals surface area contributed by atoms with E-state index in [1.165, 1.54) is 12.1 Å². The molecule has 2 aliphatic rings. The Bertz CT molecular complexity index is 1010. The summed E-state index contributed by atoms with van der Waals surface area (Å²) in [5.74, 6) is -0.470. The molecule has 4 rings (SSSR count). The number of rotatable bonds is 4. The molecule has 1 aromatic carbocycles. The number of halogens is 4. The predicted octanol–water partition coefficient (Wildman–Crippen LogP) is 4.26. The van der Waals surface area contributed by atoms with E-state index in [4.69, 9.17) is 10.7 Å². The van der Waals surface area contributed by atoms with Crippen molar-refractivity contribution in [1.82, 2.24) is 14.5 Å². The average Bonchev–Trinajstić information content (AvgIpc) is 3.13. The molecule has 10 heteroatoms. The summed E-state index contributed by atoms with van der Waals surface area (Å²) in [6.07, 6.45) is -3.21. The van der Waals surface area contributed by atoms with Crippen LogP contribution in [-0.2, 0) is 16.9 Å². The molecule has 2 heterocycles. The highest BCUT2D eigenvalue weighted by Gasteiger charge is 2.43. The lowest BCUT2D eigenvalue weighted by Gasteiger charge is -2.42. The third-order valence-electron chi connectivity index (χ3n) is 6.86. The van der Waals surface area contributed by atoms with Gasteiger partial charge in [0.2, 0.25) is 5.91 Å². The van der Waals surface area contributed by atoms with Crippen LogP contribution in [0.25, 0.3) is 11.3 Å². The molecular weight excluding hydrogens is 438 g/mol. The van der Waals surface area contributed by atoms with Gasteiger partial charge in [-0.05, 0) is 63.8 Å². The molecule has 3 N–H and O–H groups in total. The van der Waals surface area contributed by atoms with Crippen LogP contribution in [0.1, 0.15) is 45.4 Å². The molecule has 180 valence electrons. The molecule has 6 nitrogen and oxygen atoms in total. The molecule has 0 spiro atoms. The average molecular weight is 468 g/mol. The fourth-order valence-corrected chi connectivity index (χ4v) is 5.00. The summed E-state index contributed by atoms with van der Waals surface area (Å²) in [7, 11) is 0. The van der Waals surface area contributed by atoms with Gasteiger partial charge in [0, 0.05) is 24.7 Å². The highest BCUT2D eigenvalue weighted by atomic mass is 19.4. The number of carbonyl (C=O) groups excluding carboxylic acids is 1. The van der Waals surface area contributed by atoms with Gasteiger partial charge in [0.15, 0.2) is 0 Å². The maximum absolute atomic E-state index is 13.5. The molecule has 1 aromatic heterocycles. The normalized spacial score (nSPS) is 22.7. The van der Waals surface area contributed by atoms with Gasteiger partial charge in [-0.1, -0.05) is 0 Å². The first kappa shape index (κ1) is 23.5. The first-order valence-corrected chi connectivity index (χ1v) is 11.2. The lowest BCUT2D eigenvalue weighted by atomic mass is 9.85. The number of carbonyl (C=O) groups is 1. The molecule has 33 heavy (non-hydrogen) atoms. The van der Waals surface area contributed by atoms with Crippen molar-refractivity contribution in [2.24, 2.45) is 11.7 Å². The maximum atomic E-state index is 13.5. The second-order valence-corrected chi connectivity index (χ2v) is 9.33. The Morgan fingerprint density at radius 3 is 2.36 bits per heavy atom. The molecule has 0 unspecified atom stereocenters. The third-order valence-corrected chi connectivity index (χ3v) is 6.86. The second-order valence-electron chi connectivity index (χ2n) is 9.33. The van der Waals surface area contributed by atoms with Gasteiger partial charge in [-0.15, -0.1) is 0 Å². The number of anilines is 1. The number of imidazole rings is 1. The lowest BCUT2D eigenvalue weighted by molar-refractivity contribution is -0.182. The zero-order valence-corrected chi connectivity index (χ0v) is 18.8.